The number of carbonyl (C=O) groups is 1. The van der Waals surface area contributed by atoms with Crippen molar-refractivity contribution in [1.82, 2.24) is 0 Å². The van der Waals surface area contributed by atoms with Gasteiger partial charge in [0.1, 0.15) is 12.0 Å². The van der Waals surface area contributed by atoms with Crippen LogP contribution >= 0.6 is 0 Å². The van der Waals surface area contributed by atoms with Gasteiger partial charge in [-0.15, -0.1) is 6.58 Å². The zero-order valence-electron chi connectivity index (χ0n) is 12.6. The molecule has 104 valence electrons. The lowest BCUT2D eigenvalue weighted by Crippen LogP contribution is -2.44. The van der Waals surface area contributed by atoms with Crippen molar-refractivity contribution in [2.45, 2.75) is 45.3 Å². The number of rotatable bonds is 5. The molecule has 0 bridgehead atoms. The van der Waals surface area contributed by atoms with Gasteiger partial charge in [-0.2, -0.15) is 0 Å². The van der Waals surface area contributed by atoms with Crippen LogP contribution in [0.25, 0.3) is 0 Å². The van der Waals surface area contributed by atoms with Crippen molar-refractivity contribution in [1.29, 1.82) is 0 Å². The van der Waals surface area contributed by atoms with Crippen LogP contribution < -0.4 is 4.43 Å². The first-order valence-electron chi connectivity index (χ1n) is 6.59. The van der Waals surface area contributed by atoms with E-state index in [1.807, 2.05) is 24.3 Å². The van der Waals surface area contributed by atoms with Gasteiger partial charge in [0.2, 0.25) is 8.32 Å². The van der Waals surface area contributed by atoms with E-state index < -0.39 is 8.32 Å². The van der Waals surface area contributed by atoms with E-state index in [1.165, 1.54) is 0 Å². The average molecular weight is 276 g/mol. The molecule has 0 heterocycles. The number of allylic oxidation sites excluding steroid dienone is 1. The molecule has 0 radical (unpaired) electrons. The van der Waals surface area contributed by atoms with Crippen LogP contribution in [0.2, 0.25) is 18.1 Å². The Morgan fingerprint density at radius 1 is 1.32 bits per heavy atom. The summed E-state index contributed by atoms with van der Waals surface area (Å²) in [5, 5.41) is 0.155. The van der Waals surface area contributed by atoms with Gasteiger partial charge in [-0.3, -0.25) is 4.79 Å². The summed E-state index contributed by atoms with van der Waals surface area (Å²) in [5.41, 5.74) is 1.71. The molecular weight excluding hydrogens is 252 g/mol. The first kappa shape index (κ1) is 15.7. The van der Waals surface area contributed by atoms with Gasteiger partial charge in [0.25, 0.3) is 0 Å². The molecule has 0 atom stereocenters. The zero-order chi connectivity index (χ0) is 14.7. The molecule has 3 heteroatoms. The fourth-order valence-electron chi connectivity index (χ4n) is 1.52. The number of benzene rings is 1. The smallest absolute Gasteiger partial charge is 0.250 e. The summed E-state index contributed by atoms with van der Waals surface area (Å²) in [5.74, 6) is 0.886. The first-order valence-corrected chi connectivity index (χ1v) is 9.50. The highest BCUT2D eigenvalue weighted by Crippen LogP contribution is 2.38. The molecule has 0 saturated carbocycles. The Hall–Kier alpha value is -1.35. The van der Waals surface area contributed by atoms with Crippen molar-refractivity contribution < 1.29 is 9.22 Å². The number of aldehydes is 1. The minimum atomic E-state index is -1.86. The predicted octanol–water partition coefficient (Wildman–Crippen LogP) is 4.61. The lowest BCUT2D eigenvalue weighted by molar-refractivity contribution is 0.112. The van der Waals surface area contributed by atoms with Gasteiger partial charge in [-0.1, -0.05) is 26.8 Å². The largest absolute Gasteiger partial charge is 0.543 e. The number of carbonyl (C=O) groups excluding carboxylic acids is 1. The maximum Gasteiger partial charge on any atom is 0.250 e. The summed E-state index contributed by atoms with van der Waals surface area (Å²) < 4.78 is 6.32. The molecule has 0 aromatic heterocycles. The highest BCUT2D eigenvalue weighted by Gasteiger charge is 2.39. The van der Waals surface area contributed by atoms with Crippen LogP contribution in [0.1, 0.15) is 36.7 Å². The third-order valence-electron chi connectivity index (χ3n) is 3.76. The normalized spacial score (nSPS) is 12.1. The Labute approximate surface area is 117 Å². The van der Waals surface area contributed by atoms with Crippen molar-refractivity contribution in [2.24, 2.45) is 0 Å². The summed E-state index contributed by atoms with van der Waals surface area (Å²) in [4.78, 5) is 10.9. The maximum atomic E-state index is 10.9. The molecule has 1 rings (SSSR count). The van der Waals surface area contributed by atoms with E-state index in [1.54, 1.807) is 0 Å². The van der Waals surface area contributed by atoms with Gasteiger partial charge in [0.05, 0.1) is 0 Å². The summed E-state index contributed by atoms with van der Waals surface area (Å²) in [6.07, 6.45) is 3.41. The van der Waals surface area contributed by atoms with Crippen LogP contribution in [0.4, 0.5) is 0 Å². The average Bonchev–Trinajstić information content (AvgIpc) is 2.30. The van der Waals surface area contributed by atoms with E-state index in [9.17, 15) is 4.79 Å². The molecular formula is C16H24O2Si. The topological polar surface area (TPSA) is 26.3 Å². The molecule has 1 aromatic rings. The van der Waals surface area contributed by atoms with Crippen molar-refractivity contribution in [3.63, 3.8) is 0 Å². The van der Waals surface area contributed by atoms with E-state index in [2.05, 4.69) is 40.4 Å². The fourth-order valence-corrected chi connectivity index (χ4v) is 2.57. The molecule has 0 unspecified atom stereocenters. The maximum absolute atomic E-state index is 10.9. The van der Waals surface area contributed by atoms with E-state index >= 15 is 0 Å². The molecule has 2 nitrogen and oxygen atoms in total. The SMILES string of the molecule is C=CCc1cc(C=O)ccc1O[Si](C)(C)C(C)(C)C. The first-order chi connectivity index (χ1) is 8.71. The highest BCUT2D eigenvalue weighted by atomic mass is 28.4. The molecule has 0 aliphatic rings. The molecule has 0 saturated heterocycles. The van der Waals surface area contributed by atoms with Gasteiger partial charge < -0.3 is 4.43 Å². The van der Waals surface area contributed by atoms with Crippen molar-refractivity contribution in [2.75, 3.05) is 0 Å². The lowest BCUT2D eigenvalue weighted by atomic mass is 10.1. The molecule has 0 aliphatic heterocycles. The third-order valence-corrected chi connectivity index (χ3v) is 8.10. The minimum Gasteiger partial charge on any atom is -0.543 e. The second kappa shape index (κ2) is 5.74. The van der Waals surface area contributed by atoms with Gasteiger partial charge in [0.15, 0.2) is 0 Å². The van der Waals surface area contributed by atoms with Crippen LogP contribution in [0.5, 0.6) is 5.75 Å². The fraction of sp³-hybridized carbons (Fsp3) is 0.438. The van der Waals surface area contributed by atoms with E-state index in [4.69, 9.17) is 4.43 Å². The molecule has 0 amide bonds. The Bertz CT molecular complexity index is 470. The molecule has 0 fully saturated rings. The third kappa shape index (κ3) is 3.80. The molecule has 0 aliphatic carbocycles. The van der Waals surface area contributed by atoms with Crippen LogP contribution in [-0.2, 0) is 6.42 Å². The second-order valence-corrected chi connectivity index (χ2v) is 11.1. The van der Waals surface area contributed by atoms with Gasteiger partial charge >= 0.3 is 0 Å². The number of hydrogen-bond acceptors (Lipinski definition) is 2. The molecule has 19 heavy (non-hydrogen) atoms. The Morgan fingerprint density at radius 3 is 2.42 bits per heavy atom. The zero-order valence-corrected chi connectivity index (χ0v) is 13.6. The number of hydrogen-bond donors (Lipinski definition) is 0. The van der Waals surface area contributed by atoms with Gasteiger partial charge in [-0.05, 0) is 48.3 Å². The Balaban J connectivity index is 3.13. The van der Waals surface area contributed by atoms with Crippen molar-refractivity contribution in [3.8, 4) is 5.75 Å². The van der Waals surface area contributed by atoms with Crippen molar-refractivity contribution in [3.05, 3.63) is 42.0 Å². The molecule has 0 spiro atoms. The van der Waals surface area contributed by atoms with Gasteiger partial charge in [0, 0.05) is 5.56 Å². The van der Waals surface area contributed by atoms with E-state index in [0.717, 1.165) is 17.6 Å². The summed E-state index contributed by atoms with van der Waals surface area (Å²) in [6.45, 7) is 14.8. The molecule has 1 aromatic carbocycles. The van der Waals surface area contributed by atoms with Crippen LogP contribution in [0.15, 0.2) is 30.9 Å². The Morgan fingerprint density at radius 2 is 1.95 bits per heavy atom. The highest BCUT2D eigenvalue weighted by molar-refractivity contribution is 6.74. The van der Waals surface area contributed by atoms with Crippen molar-refractivity contribution >= 4 is 14.6 Å². The Kier molecular flexibility index (Phi) is 4.74. The van der Waals surface area contributed by atoms with Gasteiger partial charge in [-0.25, -0.2) is 0 Å². The lowest BCUT2D eigenvalue weighted by Gasteiger charge is -2.37. The van der Waals surface area contributed by atoms with Crippen LogP contribution in [0.3, 0.4) is 0 Å². The standard InChI is InChI=1S/C16H24O2Si/c1-7-8-14-11-13(12-17)9-10-15(14)18-19(5,6)16(2,3)4/h7,9-12H,1,8H2,2-6H3. The minimum absolute atomic E-state index is 0.155. The monoisotopic (exact) mass is 276 g/mol. The predicted molar refractivity (Wildman–Crippen MR) is 83.6 cm³/mol. The second-order valence-electron chi connectivity index (χ2n) is 6.34. The summed E-state index contributed by atoms with van der Waals surface area (Å²) in [7, 11) is -1.86. The van der Waals surface area contributed by atoms with Crippen LogP contribution in [0, 0.1) is 0 Å². The van der Waals surface area contributed by atoms with Crippen LogP contribution in [-0.4, -0.2) is 14.6 Å². The van der Waals surface area contributed by atoms with E-state index in [0.29, 0.717) is 12.0 Å². The molecule has 0 N–H and O–H groups in total. The summed E-state index contributed by atoms with van der Waals surface area (Å²) in [6, 6.07) is 5.60. The van der Waals surface area contributed by atoms with E-state index in [-0.39, 0.29) is 5.04 Å². The summed E-state index contributed by atoms with van der Waals surface area (Å²) >= 11 is 0. The quantitative estimate of drug-likeness (QED) is 0.446.